The summed E-state index contributed by atoms with van der Waals surface area (Å²) in [5.74, 6) is 0.153. The minimum Gasteiger partial charge on any atom is -0.469 e. The number of nitrogens with one attached hydrogen (secondary N) is 2. The van der Waals surface area contributed by atoms with Crippen LogP contribution in [-0.2, 0) is 10.0 Å². The van der Waals surface area contributed by atoms with Crippen molar-refractivity contribution in [3.8, 4) is 0 Å². The van der Waals surface area contributed by atoms with E-state index >= 15 is 0 Å². The van der Waals surface area contributed by atoms with Crippen LogP contribution in [0.4, 0.5) is 0 Å². The number of carbonyl (C=O) groups is 1. The Hall–Kier alpha value is -2.12. The standard InChI is InChI=1S/C15H18N2O4S/c1-10(2)12-4-6-13(7-5-12)22(19,20)17-16-15(18)14-8-9-21-11(14)3/h4-10,17H,1-3H3,(H,16,18). The van der Waals surface area contributed by atoms with Crippen LogP contribution in [0, 0.1) is 6.92 Å². The van der Waals surface area contributed by atoms with Gasteiger partial charge in [0.05, 0.1) is 16.7 Å². The summed E-state index contributed by atoms with van der Waals surface area (Å²) in [6.07, 6.45) is 1.36. The van der Waals surface area contributed by atoms with Crippen LogP contribution in [0.1, 0.15) is 41.4 Å². The van der Waals surface area contributed by atoms with E-state index in [0.717, 1.165) is 5.56 Å². The lowest BCUT2D eigenvalue weighted by atomic mass is 10.0. The third-order valence-electron chi connectivity index (χ3n) is 3.26. The molecule has 2 rings (SSSR count). The Bertz CT molecular complexity index is 761. The number of carbonyl (C=O) groups excluding carboxylic acids is 1. The van der Waals surface area contributed by atoms with Crippen molar-refractivity contribution < 1.29 is 17.6 Å². The molecule has 6 nitrogen and oxygen atoms in total. The fourth-order valence-corrected chi connectivity index (χ4v) is 2.73. The summed E-state index contributed by atoms with van der Waals surface area (Å²) in [6.45, 7) is 5.67. The summed E-state index contributed by atoms with van der Waals surface area (Å²) in [6, 6.07) is 7.98. The SMILES string of the molecule is Cc1occc1C(=O)NNS(=O)(=O)c1ccc(C(C)C)cc1. The zero-order chi connectivity index (χ0) is 16.3. The van der Waals surface area contributed by atoms with Gasteiger partial charge in [-0.15, -0.1) is 4.83 Å². The molecule has 0 radical (unpaired) electrons. The van der Waals surface area contributed by atoms with E-state index in [1.54, 1.807) is 19.1 Å². The third kappa shape index (κ3) is 3.55. The molecule has 0 saturated heterocycles. The highest BCUT2D eigenvalue weighted by Gasteiger charge is 2.17. The molecule has 2 aromatic rings. The van der Waals surface area contributed by atoms with Gasteiger partial charge in [0.1, 0.15) is 5.76 Å². The van der Waals surface area contributed by atoms with Crippen molar-refractivity contribution in [2.24, 2.45) is 0 Å². The second-order valence-corrected chi connectivity index (χ2v) is 6.86. The predicted molar refractivity (Wildman–Crippen MR) is 81.8 cm³/mol. The summed E-state index contributed by atoms with van der Waals surface area (Å²) in [4.78, 5) is 14.0. The van der Waals surface area contributed by atoms with Crippen LogP contribution in [-0.4, -0.2) is 14.3 Å². The molecule has 1 aromatic heterocycles. The Morgan fingerprint density at radius 3 is 2.27 bits per heavy atom. The number of hydrogen-bond acceptors (Lipinski definition) is 4. The second kappa shape index (κ2) is 6.33. The minimum absolute atomic E-state index is 0.0844. The molecule has 22 heavy (non-hydrogen) atoms. The molecule has 0 aliphatic rings. The summed E-state index contributed by atoms with van der Waals surface area (Å²) in [7, 11) is -3.81. The number of aryl methyl sites for hydroxylation is 1. The molecule has 0 bridgehead atoms. The maximum atomic E-state index is 12.1. The van der Waals surface area contributed by atoms with Gasteiger partial charge in [-0.1, -0.05) is 26.0 Å². The molecule has 7 heteroatoms. The molecular weight excluding hydrogens is 304 g/mol. The van der Waals surface area contributed by atoms with Gasteiger partial charge in [-0.25, -0.2) is 8.42 Å². The summed E-state index contributed by atoms with van der Waals surface area (Å²) < 4.78 is 29.2. The molecular formula is C15H18N2O4S. The Balaban J connectivity index is 2.08. The molecule has 1 aromatic carbocycles. The fourth-order valence-electron chi connectivity index (χ4n) is 1.89. The van der Waals surface area contributed by atoms with Crippen molar-refractivity contribution in [1.82, 2.24) is 10.3 Å². The zero-order valence-electron chi connectivity index (χ0n) is 12.6. The van der Waals surface area contributed by atoms with Gasteiger partial charge >= 0.3 is 0 Å². The third-order valence-corrected chi connectivity index (χ3v) is 4.52. The lowest BCUT2D eigenvalue weighted by molar-refractivity contribution is 0.0943. The van der Waals surface area contributed by atoms with Crippen LogP contribution in [0.15, 0.2) is 45.9 Å². The Kier molecular flexibility index (Phi) is 4.68. The van der Waals surface area contributed by atoms with Gasteiger partial charge in [-0.05, 0) is 36.6 Å². The number of amides is 1. The number of sulfonamides is 1. The first-order valence-corrected chi connectivity index (χ1v) is 8.26. The van der Waals surface area contributed by atoms with Gasteiger partial charge < -0.3 is 4.42 Å². The molecule has 0 aliphatic carbocycles. The average molecular weight is 322 g/mol. The topological polar surface area (TPSA) is 88.4 Å². The van der Waals surface area contributed by atoms with Gasteiger partial charge in [-0.3, -0.25) is 10.2 Å². The Labute approximate surface area is 129 Å². The molecule has 118 valence electrons. The van der Waals surface area contributed by atoms with E-state index in [1.165, 1.54) is 24.5 Å². The van der Waals surface area contributed by atoms with Crippen LogP contribution < -0.4 is 10.3 Å². The highest BCUT2D eigenvalue weighted by Crippen LogP contribution is 2.17. The van der Waals surface area contributed by atoms with Gasteiger partial charge in [0, 0.05) is 0 Å². The smallest absolute Gasteiger partial charge is 0.269 e. The normalized spacial score (nSPS) is 11.6. The lowest BCUT2D eigenvalue weighted by Crippen LogP contribution is -2.41. The molecule has 0 fully saturated rings. The van der Waals surface area contributed by atoms with E-state index in [-0.39, 0.29) is 10.5 Å². The number of benzene rings is 1. The van der Waals surface area contributed by atoms with Crippen LogP contribution in [0.5, 0.6) is 0 Å². The maximum Gasteiger partial charge on any atom is 0.269 e. The van der Waals surface area contributed by atoms with Crippen molar-refractivity contribution in [2.75, 3.05) is 0 Å². The van der Waals surface area contributed by atoms with Gasteiger partial charge in [0.25, 0.3) is 15.9 Å². The molecule has 0 aliphatic heterocycles. The molecule has 0 unspecified atom stereocenters. The fraction of sp³-hybridized carbons (Fsp3) is 0.267. The van der Waals surface area contributed by atoms with Gasteiger partial charge in [-0.2, -0.15) is 0 Å². The Morgan fingerprint density at radius 2 is 1.77 bits per heavy atom. The van der Waals surface area contributed by atoms with Crippen molar-refractivity contribution in [1.29, 1.82) is 0 Å². The van der Waals surface area contributed by atoms with E-state index in [2.05, 4.69) is 10.3 Å². The molecule has 0 atom stereocenters. The first-order valence-electron chi connectivity index (χ1n) is 6.77. The maximum absolute atomic E-state index is 12.1. The number of hydrazine groups is 1. The Morgan fingerprint density at radius 1 is 1.14 bits per heavy atom. The van der Waals surface area contributed by atoms with Gasteiger partial charge in [0.15, 0.2) is 0 Å². The van der Waals surface area contributed by atoms with E-state index in [1.807, 2.05) is 13.8 Å². The predicted octanol–water partition coefficient (Wildman–Crippen LogP) is 2.33. The molecule has 0 spiro atoms. The number of furan rings is 1. The van der Waals surface area contributed by atoms with E-state index < -0.39 is 15.9 Å². The van der Waals surface area contributed by atoms with Gasteiger partial charge in [0.2, 0.25) is 0 Å². The minimum atomic E-state index is -3.81. The van der Waals surface area contributed by atoms with E-state index in [4.69, 9.17) is 4.42 Å². The van der Waals surface area contributed by atoms with Crippen LogP contribution in [0.25, 0.3) is 0 Å². The largest absolute Gasteiger partial charge is 0.469 e. The monoisotopic (exact) mass is 322 g/mol. The number of rotatable bonds is 5. The highest BCUT2D eigenvalue weighted by atomic mass is 32.2. The average Bonchev–Trinajstić information content (AvgIpc) is 2.91. The first-order chi connectivity index (χ1) is 10.3. The van der Waals surface area contributed by atoms with Crippen molar-refractivity contribution in [2.45, 2.75) is 31.6 Å². The molecule has 2 N–H and O–H groups in total. The van der Waals surface area contributed by atoms with E-state index in [9.17, 15) is 13.2 Å². The first kappa shape index (κ1) is 16.3. The van der Waals surface area contributed by atoms with Crippen LogP contribution in [0.2, 0.25) is 0 Å². The number of hydrogen-bond donors (Lipinski definition) is 2. The zero-order valence-corrected chi connectivity index (χ0v) is 13.4. The second-order valence-electron chi connectivity index (χ2n) is 5.17. The molecule has 0 saturated carbocycles. The summed E-state index contributed by atoms with van der Waals surface area (Å²) in [5.41, 5.74) is 3.48. The quantitative estimate of drug-likeness (QED) is 0.827. The van der Waals surface area contributed by atoms with Crippen molar-refractivity contribution in [3.63, 3.8) is 0 Å². The summed E-state index contributed by atoms with van der Waals surface area (Å²) in [5, 5.41) is 0. The van der Waals surface area contributed by atoms with Crippen molar-refractivity contribution >= 4 is 15.9 Å². The van der Waals surface area contributed by atoms with Crippen LogP contribution in [0.3, 0.4) is 0 Å². The lowest BCUT2D eigenvalue weighted by Gasteiger charge is -2.10. The molecule has 1 amide bonds. The highest BCUT2D eigenvalue weighted by molar-refractivity contribution is 7.89. The molecule has 1 heterocycles. The van der Waals surface area contributed by atoms with E-state index in [0.29, 0.717) is 11.7 Å². The van der Waals surface area contributed by atoms with Crippen molar-refractivity contribution in [3.05, 3.63) is 53.5 Å². The summed E-state index contributed by atoms with van der Waals surface area (Å²) >= 11 is 0. The van der Waals surface area contributed by atoms with Crippen LogP contribution >= 0.6 is 0 Å².